The maximum absolute atomic E-state index is 14.9. The third-order valence-corrected chi connectivity index (χ3v) is 6.14. The van der Waals surface area contributed by atoms with E-state index in [2.05, 4.69) is 20.0 Å². The summed E-state index contributed by atoms with van der Waals surface area (Å²) in [6, 6.07) is 9.03. The van der Waals surface area contributed by atoms with Crippen LogP contribution < -0.4 is 20.2 Å². The molecule has 1 spiro atoms. The van der Waals surface area contributed by atoms with Gasteiger partial charge in [0.15, 0.2) is 17.4 Å². The molecular weight excluding hydrogens is 427 g/mol. The van der Waals surface area contributed by atoms with Gasteiger partial charge in [-0.3, -0.25) is 9.51 Å². The van der Waals surface area contributed by atoms with Gasteiger partial charge in [-0.2, -0.15) is 0 Å². The lowest BCUT2D eigenvalue weighted by molar-refractivity contribution is 0.203. The molecule has 2 aliphatic rings. The molecule has 3 aromatic rings. The number of aromatic nitrogens is 2. The van der Waals surface area contributed by atoms with Gasteiger partial charge in [0.1, 0.15) is 5.75 Å². The molecule has 2 heterocycles. The smallest absolute Gasteiger partial charge is 0.439 e. The van der Waals surface area contributed by atoms with Crippen LogP contribution >= 0.6 is 11.8 Å². The summed E-state index contributed by atoms with van der Waals surface area (Å²) >= 11 is 6.27. The maximum Gasteiger partial charge on any atom is 0.439 e. The molecule has 8 nitrogen and oxygen atoms in total. The molecule has 160 valence electrons. The van der Waals surface area contributed by atoms with Crippen LogP contribution in [0.3, 0.4) is 0 Å². The third-order valence-electron chi connectivity index (χ3n) is 5.80. The van der Waals surface area contributed by atoms with Gasteiger partial charge >= 0.3 is 11.8 Å². The highest BCUT2D eigenvalue weighted by Crippen LogP contribution is 2.50. The van der Waals surface area contributed by atoms with E-state index in [0.29, 0.717) is 17.0 Å². The number of carbonyl (C=O) groups is 1. The predicted molar refractivity (Wildman–Crippen MR) is 111 cm³/mol. The topological polar surface area (TPSA) is 100 Å². The Kier molecular flexibility index (Phi) is 4.70. The normalized spacial score (nSPS) is 17.4. The van der Waals surface area contributed by atoms with E-state index in [-0.39, 0.29) is 17.1 Å². The average molecular weight is 445 g/mol. The van der Waals surface area contributed by atoms with Crippen LogP contribution in [0.15, 0.2) is 45.7 Å². The Morgan fingerprint density at radius 2 is 1.90 bits per heavy atom. The van der Waals surface area contributed by atoms with Crippen molar-refractivity contribution in [2.75, 3.05) is 4.42 Å². The van der Waals surface area contributed by atoms with Gasteiger partial charge < -0.3 is 10.1 Å². The van der Waals surface area contributed by atoms with Crippen LogP contribution in [-0.2, 0) is 5.54 Å². The van der Waals surface area contributed by atoms with Gasteiger partial charge in [0.05, 0.1) is 16.8 Å². The van der Waals surface area contributed by atoms with Gasteiger partial charge in [0, 0.05) is 17.3 Å². The highest BCUT2D eigenvalue weighted by atomic mass is 35.5. The lowest BCUT2D eigenvalue weighted by atomic mass is 9.74. The molecule has 1 aliphatic heterocycles. The number of aromatic amines is 1. The Balaban J connectivity index is 1.66. The summed E-state index contributed by atoms with van der Waals surface area (Å²) in [5.41, 5.74) is 0.772. The second-order valence-electron chi connectivity index (χ2n) is 7.67. The molecule has 2 amide bonds. The molecular formula is C21H18ClFN4O4. The van der Waals surface area contributed by atoms with Crippen molar-refractivity contribution in [2.24, 2.45) is 0 Å². The summed E-state index contributed by atoms with van der Waals surface area (Å²) in [4.78, 5) is 26.3. The van der Waals surface area contributed by atoms with E-state index in [4.69, 9.17) is 16.5 Å². The van der Waals surface area contributed by atoms with Gasteiger partial charge in [-0.15, -0.1) is 0 Å². The number of rotatable bonds is 3. The average Bonchev–Trinajstić information content (AvgIpc) is 3.20. The van der Waals surface area contributed by atoms with E-state index in [0.717, 1.165) is 36.5 Å². The van der Waals surface area contributed by atoms with Crippen LogP contribution in [0.4, 0.5) is 14.9 Å². The van der Waals surface area contributed by atoms with Crippen molar-refractivity contribution >= 4 is 23.5 Å². The van der Waals surface area contributed by atoms with E-state index in [1.807, 2.05) is 0 Å². The molecule has 0 unspecified atom stereocenters. The number of halogens is 2. The first kappa shape index (κ1) is 19.6. The molecule has 1 aromatic heterocycles. The summed E-state index contributed by atoms with van der Waals surface area (Å²) < 4.78 is 26.5. The summed E-state index contributed by atoms with van der Waals surface area (Å²) in [6.45, 7) is 0. The van der Waals surface area contributed by atoms with Crippen LogP contribution in [0.1, 0.15) is 37.7 Å². The number of H-pyrrole nitrogens is 1. The standard InChI is InChI=1S/C21H18ClFN4O4/c22-27-14-8-5-9-15(16(14)21(25-19(27)28)10-2-1-3-11-21)30-17-12(6-4-7-13(17)23)18-24-20(29)31-26-18/h4-9H,1-3,10-11H2,(H,25,28)(H,24,26,29). The largest absolute Gasteiger partial charge is 0.453 e. The minimum absolute atomic E-state index is 0.0453. The van der Waals surface area contributed by atoms with E-state index < -0.39 is 23.1 Å². The number of benzene rings is 2. The second-order valence-corrected chi connectivity index (χ2v) is 8.00. The molecule has 1 fully saturated rings. The van der Waals surface area contributed by atoms with Crippen molar-refractivity contribution in [3.05, 3.63) is 58.3 Å². The zero-order valence-electron chi connectivity index (χ0n) is 16.3. The second kappa shape index (κ2) is 7.42. The number of amides is 2. The first-order valence-corrected chi connectivity index (χ1v) is 10.3. The van der Waals surface area contributed by atoms with Crippen LogP contribution in [-0.4, -0.2) is 16.2 Å². The first-order valence-electron chi connectivity index (χ1n) is 9.93. The number of para-hydroxylation sites is 1. The zero-order chi connectivity index (χ0) is 21.6. The van der Waals surface area contributed by atoms with Crippen LogP contribution in [0, 0.1) is 5.82 Å². The van der Waals surface area contributed by atoms with Crippen LogP contribution in [0.25, 0.3) is 11.4 Å². The molecule has 0 bridgehead atoms. The Labute approximate surface area is 181 Å². The molecule has 31 heavy (non-hydrogen) atoms. The fourth-order valence-electron chi connectivity index (χ4n) is 4.46. The van der Waals surface area contributed by atoms with Crippen LogP contribution in [0.5, 0.6) is 11.5 Å². The van der Waals surface area contributed by atoms with E-state index in [1.54, 1.807) is 24.3 Å². The number of urea groups is 1. The van der Waals surface area contributed by atoms with Gasteiger partial charge in [-0.25, -0.2) is 18.4 Å². The Bertz CT molecular complexity index is 1220. The summed E-state index contributed by atoms with van der Waals surface area (Å²) in [6.07, 6.45) is 4.37. The number of ether oxygens (including phenoxy) is 1. The SMILES string of the molecule is O=C1NC2(CCCCC2)c2c(Oc3c(F)cccc3-c3noc(=O)[nH]3)cccc2N1Cl. The molecule has 10 heteroatoms. The number of anilines is 1. The summed E-state index contributed by atoms with van der Waals surface area (Å²) in [5, 5.41) is 6.68. The number of hydrogen-bond acceptors (Lipinski definition) is 5. The van der Waals surface area contributed by atoms with E-state index >= 15 is 0 Å². The van der Waals surface area contributed by atoms with Crippen LogP contribution in [0.2, 0.25) is 0 Å². The first-order chi connectivity index (χ1) is 15.0. The minimum atomic E-state index is -0.760. The fourth-order valence-corrected chi connectivity index (χ4v) is 4.64. The van der Waals surface area contributed by atoms with Gasteiger partial charge in [0.25, 0.3) is 0 Å². The number of nitrogens with one attached hydrogen (secondary N) is 2. The maximum atomic E-state index is 14.9. The number of carbonyl (C=O) groups excluding carboxylic acids is 1. The van der Waals surface area contributed by atoms with Crippen molar-refractivity contribution in [1.29, 1.82) is 0 Å². The predicted octanol–water partition coefficient (Wildman–Crippen LogP) is 4.80. The molecule has 2 aromatic carbocycles. The molecule has 2 N–H and O–H groups in total. The number of nitrogens with zero attached hydrogens (tertiary/aromatic N) is 2. The van der Waals surface area contributed by atoms with Gasteiger partial charge in [-0.05, 0) is 37.1 Å². The van der Waals surface area contributed by atoms with E-state index in [9.17, 15) is 14.0 Å². The lowest BCUT2D eigenvalue weighted by Crippen LogP contribution is -2.54. The van der Waals surface area contributed by atoms with Crippen molar-refractivity contribution in [1.82, 2.24) is 15.5 Å². The molecule has 1 aliphatic carbocycles. The van der Waals surface area contributed by atoms with Gasteiger partial charge in [0.2, 0.25) is 0 Å². The quantitative estimate of drug-likeness (QED) is 0.565. The molecule has 1 saturated carbocycles. The highest BCUT2D eigenvalue weighted by molar-refractivity contribution is 6.37. The fraction of sp³-hybridized carbons (Fsp3) is 0.286. The Morgan fingerprint density at radius 1 is 1.13 bits per heavy atom. The van der Waals surface area contributed by atoms with Crippen molar-refractivity contribution in [3.63, 3.8) is 0 Å². The summed E-state index contributed by atoms with van der Waals surface area (Å²) in [7, 11) is 0. The van der Waals surface area contributed by atoms with Crippen molar-refractivity contribution in [2.45, 2.75) is 37.6 Å². The minimum Gasteiger partial charge on any atom is -0.453 e. The van der Waals surface area contributed by atoms with Gasteiger partial charge in [-0.1, -0.05) is 36.6 Å². The van der Waals surface area contributed by atoms with E-state index in [1.165, 1.54) is 12.1 Å². The summed E-state index contributed by atoms with van der Waals surface area (Å²) in [5.74, 6) is -1.11. The zero-order valence-corrected chi connectivity index (χ0v) is 17.0. The van der Waals surface area contributed by atoms with Crippen molar-refractivity contribution in [3.8, 4) is 22.9 Å². The molecule has 5 rings (SSSR count). The Hall–Kier alpha value is -3.33. The highest BCUT2D eigenvalue weighted by Gasteiger charge is 2.45. The van der Waals surface area contributed by atoms with Crippen molar-refractivity contribution < 1.29 is 18.4 Å². The number of hydrogen-bond donors (Lipinski definition) is 2. The number of fused-ring (bicyclic) bond motifs is 2. The monoisotopic (exact) mass is 444 g/mol. The third kappa shape index (κ3) is 3.25. The molecule has 0 radical (unpaired) electrons. The molecule has 0 saturated heterocycles. The Morgan fingerprint density at radius 3 is 2.65 bits per heavy atom. The molecule has 0 atom stereocenters. The lowest BCUT2D eigenvalue weighted by Gasteiger charge is -2.44.